The summed E-state index contributed by atoms with van der Waals surface area (Å²) in [6, 6.07) is 3.04. The second kappa shape index (κ2) is 6.77. The summed E-state index contributed by atoms with van der Waals surface area (Å²) in [5.74, 6) is -0.526. The van der Waals surface area contributed by atoms with Gasteiger partial charge in [0.15, 0.2) is 0 Å². The molecule has 2 atom stereocenters. The fourth-order valence-corrected chi connectivity index (χ4v) is 2.05. The van der Waals surface area contributed by atoms with Gasteiger partial charge in [-0.25, -0.2) is 4.79 Å². The molecule has 106 valence electrons. The molecule has 0 fully saturated rings. The van der Waals surface area contributed by atoms with Crippen molar-refractivity contribution in [3.05, 3.63) is 22.7 Å². The lowest BCUT2D eigenvalue weighted by atomic mass is 10.1. The molecule has 0 aliphatic heterocycles. The van der Waals surface area contributed by atoms with Gasteiger partial charge in [0.25, 0.3) is 0 Å². The molecule has 7 heteroatoms. The number of benzene rings is 1. The molecule has 0 amide bonds. The summed E-state index contributed by atoms with van der Waals surface area (Å²) in [7, 11) is 0.324. The van der Waals surface area contributed by atoms with Crippen molar-refractivity contribution in [3.63, 3.8) is 0 Å². The number of nitrogen functional groups attached to an aromatic ring is 1. The van der Waals surface area contributed by atoms with E-state index in [-0.39, 0.29) is 10.8 Å². The Morgan fingerprint density at radius 2 is 2.21 bits per heavy atom. The first-order chi connectivity index (χ1) is 8.86. The molecule has 0 aromatic heterocycles. The van der Waals surface area contributed by atoms with Crippen molar-refractivity contribution in [2.24, 2.45) is 0 Å². The van der Waals surface area contributed by atoms with Crippen LogP contribution in [0.15, 0.2) is 12.1 Å². The molecule has 1 rings (SSSR count). The van der Waals surface area contributed by atoms with Crippen molar-refractivity contribution in [2.45, 2.75) is 12.2 Å². The van der Waals surface area contributed by atoms with Crippen LogP contribution in [0.3, 0.4) is 0 Å². The van der Waals surface area contributed by atoms with Crippen molar-refractivity contribution >= 4 is 39.7 Å². The third-order valence-corrected chi connectivity index (χ3v) is 4.25. The molecule has 0 bridgehead atoms. The van der Waals surface area contributed by atoms with Crippen LogP contribution in [0.25, 0.3) is 0 Å². The minimum absolute atomic E-state index is 0.0703. The van der Waals surface area contributed by atoms with E-state index >= 15 is 0 Å². The Bertz CT molecular complexity index is 508. The molecule has 5 nitrogen and oxygen atoms in total. The van der Waals surface area contributed by atoms with Crippen LogP contribution >= 0.6 is 11.6 Å². The average molecular weight is 305 g/mol. The van der Waals surface area contributed by atoms with Crippen LogP contribution in [0.5, 0.6) is 0 Å². The zero-order chi connectivity index (χ0) is 14.6. The molecule has 2 unspecified atom stereocenters. The van der Waals surface area contributed by atoms with Gasteiger partial charge in [-0.1, -0.05) is 11.6 Å². The number of esters is 1. The number of nitrogens with one attached hydrogen (secondary N) is 1. The Morgan fingerprint density at radius 3 is 2.74 bits per heavy atom. The van der Waals surface area contributed by atoms with Gasteiger partial charge in [-0.15, -0.1) is 0 Å². The Kier molecular flexibility index (Phi) is 5.62. The summed E-state index contributed by atoms with van der Waals surface area (Å²) in [4.78, 5) is 11.7. The van der Waals surface area contributed by atoms with Crippen molar-refractivity contribution < 1.29 is 13.7 Å². The summed E-state index contributed by atoms with van der Waals surface area (Å²) in [5, 5.41) is 3.28. The van der Waals surface area contributed by atoms with Crippen molar-refractivity contribution in [3.8, 4) is 0 Å². The Labute approximate surface area is 119 Å². The number of nitrogens with two attached hydrogens (primary N) is 1. The highest BCUT2D eigenvalue weighted by Crippen LogP contribution is 2.29. The smallest absolute Gasteiger partial charge is 0.340 e. The minimum Gasteiger partial charge on any atom is -0.465 e. The van der Waals surface area contributed by atoms with Gasteiger partial charge in [-0.05, 0) is 19.1 Å². The van der Waals surface area contributed by atoms with E-state index in [0.29, 0.717) is 22.9 Å². The monoisotopic (exact) mass is 304 g/mol. The third-order valence-electron chi connectivity index (χ3n) is 2.65. The molecule has 0 saturated carbocycles. The molecule has 0 heterocycles. The van der Waals surface area contributed by atoms with Crippen LogP contribution in [0.2, 0.25) is 5.02 Å². The van der Waals surface area contributed by atoms with Gasteiger partial charge in [0.05, 0.1) is 23.4 Å². The highest BCUT2D eigenvalue weighted by atomic mass is 35.5. The maximum atomic E-state index is 11.7. The second-order valence-corrected chi connectivity index (χ2v) is 6.32. The van der Waals surface area contributed by atoms with E-state index < -0.39 is 16.8 Å². The van der Waals surface area contributed by atoms with Crippen molar-refractivity contribution in [1.82, 2.24) is 0 Å². The van der Waals surface area contributed by atoms with Crippen molar-refractivity contribution in [1.29, 1.82) is 0 Å². The zero-order valence-corrected chi connectivity index (χ0v) is 12.6. The summed E-state index contributed by atoms with van der Waals surface area (Å²) < 4.78 is 16.0. The molecule has 0 aliphatic carbocycles. The lowest BCUT2D eigenvalue weighted by Gasteiger charge is -2.16. The van der Waals surface area contributed by atoms with Gasteiger partial charge in [0.1, 0.15) is 0 Å². The van der Waals surface area contributed by atoms with E-state index in [0.717, 1.165) is 0 Å². The molecular formula is C12H17ClN2O3S. The first kappa shape index (κ1) is 15.8. The zero-order valence-electron chi connectivity index (χ0n) is 11.0. The van der Waals surface area contributed by atoms with Crippen molar-refractivity contribution in [2.75, 3.05) is 31.0 Å². The lowest BCUT2D eigenvalue weighted by molar-refractivity contribution is 0.0602. The van der Waals surface area contributed by atoms with E-state index in [2.05, 4.69) is 10.1 Å². The predicted molar refractivity (Wildman–Crippen MR) is 79.2 cm³/mol. The molecule has 0 saturated heterocycles. The lowest BCUT2D eigenvalue weighted by Crippen LogP contribution is -2.22. The quantitative estimate of drug-likeness (QED) is 0.641. The predicted octanol–water partition coefficient (Wildman–Crippen LogP) is 1.89. The van der Waals surface area contributed by atoms with Crippen LogP contribution in [0.4, 0.5) is 11.4 Å². The number of carbonyl (C=O) groups is 1. The molecular weight excluding hydrogens is 288 g/mol. The number of halogens is 1. The van der Waals surface area contributed by atoms with Gasteiger partial charge in [-0.3, -0.25) is 4.21 Å². The second-order valence-electron chi connectivity index (χ2n) is 4.11. The molecule has 0 aliphatic rings. The molecule has 0 spiro atoms. The van der Waals surface area contributed by atoms with E-state index in [9.17, 15) is 9.00 Å². The van der Waals surface area contributed by atoms with E-state index in [1.165, 1.54) is 13.2 Å². The highest BCUT2D eigenvalue weighted by molar-refractivity contribution is 7.84. The topological polar surface area (TPSA) is 81.4 Å². The summed E-state index contributed by atoms with van der Waals surface area (Å²) in [5.41, 5.74) is 6.74. The van der Waals surface area contributed by atoms with E-state index in [4.69, 9.17) is 17.3 Å². The number of rotatable bonds is 5. The average Bonchev–Trinajstić information content (AvgIpc) is 2.35. The molecule has 1 aromatic carbocycles. The SMILES string of the molecule is COC(=O)c1cc(N)cc(Cl)c1NCC(C)S(C)=O. The third kappa shape index (κ3) is 4.11. The van der Waals surface area contributed by atoms with E-state index in [1.807, 2.05) is 6.92 Å². The van der Waals surface area contributed by atoms with Crippen LogP contribution in [0, 0.1) is 0 Å². The standard InChI is InChI=1S/C12H17ClN2O3S/c1-7(19(3)17)6-15-11-9(12(16)18-2)4-8(14)5-10(11)13/h4-5,7,15H,6,14H2,1-3H3. The molecule has 1 aromatic rings. The number of ether oxygens (including phenoxy) is 1. The first-order valence-corrected chi connectivity index (χ1v) is 7.60. The van der Waals surface area contributed by atoms with Crippen LogP contribution in [-0.4, -0.2) is 35.3 Å². The molecule has 19 heavy (non-hydrogen) atoms. The summed E-state index contributed by atoms with van der Waals surface area (Å²) in [6.07, 6.45) is 1.62. The number of hydrogen-bond donors (Lipinski definition) is 2. The Morgan fingerprint density at radius 1 is 1.58 bits per heavy atom. The van der Waals surface area contributed by atoms with Gasteiger partial charge >= 0.3 is 5.97 Å². The first-order valence-electron chi connectivity index (χ1n) is 5.60. The van der Waals surface area contributed by atoms with E-state index in [1.54, 1.807) is 12.3 Å². The molecule has 0 radical (unpaired) electrons. The van der Waals surface area contributed by atoms with Gasteiger partial charge in [0, 0.05) is 34.5 Å². The van der Waals surface area contributed by atoms with Gasteiger partial charge in [0.2, 0.25) is 0 Å². The largest absolute Gasteiger partial charge is 0.465 e. The van der Waals surface area contributed by atoms with Gasteiger partial charge < -0.3 is 15.8 Å². The van der Waals surface area contributed by atoms with Crippen LogP contribution in [0.1, 0.15) is 17.3 Å². The fraction of sp³-hybridized carbons (Fsp3) is 0.417. The maximum Gasteiger partial charge on any atom is 0.340 e. The number of carbonyl (C=O) groups excluding carboxylic acids is 1. The van der Waals surface area contributed by atoms with Crippen LogP contribution in [-0.2, 0) is 15.5 Å². The number of methoxy groups -OCH3 is 1. The van der Waals surface area contributed by atoms with Crippen LogP contribution < -0.4 is 11.1 Å². The minimum atomic E-state index is -0.961. The molecule has 3 N–H and O–H groups in total. The number of anilines is 2. The normalized spacial score (nSPS) is 13.7. The number of hydrogen-bond acceptors (Lipinski definition) is 5. The fourth-order valence-electron chi connectivity index (χ4n) is 1.44. The van der Waals surface area contributed by atoms with Gasteiger partial charge in [-0.2, -0.15) is 0 Å². The summed E-state index contributed by atoms with van der Waals surface area (Å²) >= 11 is 6.07. The Balaban J connectivity index is 3.04. The maximum absolute atomic E-state index is 11.7. The summed E-state index contributed by atoms with van der Waals surface area (Å²) in [6.45, 7) is 2.27. The Hall–Kier alpha value is -1.27. The highest BCUT2D eigenvalue weighted by Gasteiger charge is 2.17.